The highest BCUT2D eigenvalue weighted by atomic mass is 35.5. The normalized spacial score (nSPS) is 16.9. The number of nitrogens with one attached hydrogen (secondary N) is 1. The highest BCUT2D eigenvalue weighted by Crippen LogP contribution is 2.34. The average molecular weight is 281 g/mol. The van der Waals surface area contributed by atoms with E-state index >= 15 is 0 Å². The third-order valence-electron chi connectivity index (χ3n) is 3.32. The molecule has 1 saturated carbocycles. The van der Waals surface area contributed by atoms with Gasteiger partial charge in [-0.25, -0.2) is 4.98 Å². The Labute approximate surface area is 114 Å². The number of nitrogens with zero attached hydrogens (tertiary/aromatic N) is 5. The van der Waals surface area contributed by atoms with Crippen molar-refractivity contribution in [1.82, 2.24) is 24.5 Å². The Morgan fingerprint density at radius 2 is 2.21 bits per heavy atom. The van der Waals surface area contributed by atoms with Crippen molar-refractivity contribution < 1.29 is 5.11 Å². The number of halogens is 1. The molecule has 0 saturated heterocycles. The van der Waals surface area contributed by atoms with E-state index in [-0.39, 0.29) is 17.4 Å². The summed E-state index contributed by atoms with van der Waals surface area (Å²) in [6.45, 7) is 0.0523. The van der Waals surface area contributed by atoms with Gasteiger partial charge in [-0.3, -0.25) is 4.57 Å². The fourth-order valence-corrected chi connectivity index (χ4v) is 2.21. The van der Waals surface area contributed by atoms with Crippen molar-refractivity contribution in [3.63, 3.8) is 0 Å². The summed E-state index contributed by atoms with van der Waals surface area (Å²) in [4.78, 5) is 16.3. The molecular weight excluding hydrogens is 268 g/mol. The number of imidazole rings is 1. The molecule has 19 heavy (non-hydrogen) atoms. The molecule has 0 radical (unpaired) electrons. The first-order valence-electron chi connectivity index (χ1n) is 6.00. The maximum atomic E-state index is 9.44. The molecule has 8 heteroatoms. The lowest BCUT2D eigenvalue weighted by atomic mass is 9.77. The van der Waals surface area contributed by atoms with Crippen molar-refractivity contribution in [2.75, 3.05) is 11.9 Å². The molecule has 0 unspecified atom stereocenters. The molecule has 100 valence electrons. The van der Waals surface area contributed by atoms with Crippen molar-refractivity contribution >= 4 is 17.5 Å². The van der Waals surface area contributed by atoms with Crippen LogP contribution in [0.2, 0.25) is 5.28 Å². The van der Waals surface area contributed by atoms with E-state index in [9.17, 15) is 5.11 Å². The first kappa shape index (κ1) is 12.3. The van der Waals surface area contributed by atoms with Crippen LogP contribution in [0.25, 0.3) is 5.95 Å². The summed E-state index contributed by atoms with van der Waals surface area (Å²) in [5.74, 6) is 0.768. The van der Waals surface area contributed by atoms with Crippen molar-refractivity contribution in [3.05, 3.63) is 24.0 Å². The van der Waals surface area contributed by atoms with Crippen LogP contribution in [0.4, 0.5) is 5.95 Å². The number of anilines is 1. The third-order valence-corrected chi connectivity index (χ3v) is 3.49. The van der Waals surface area contributed by atoms with Crippen LogP contribution in [0.15, 0.2) is 18.7 Å². The predicted octanol–water partition coefficient (Wildman–Crippen LogP) is 1.04. The molecule has 2 aromatic rings. The Hall–Kier alpha value is -1.73. The molecule has 2 aromatic heterocycles. The molecule has 1 fully saturated rings. The average Bonchev–Trinajstić information content (AvgIpc) is 2.87. The fourth-order valence-electron chi connectivity index (χ4n) is 2.05. The number of aliphatic hydroxyl groups is 1. The van der Waals surface area contributed by atoms with Gasteiger partial charge in [0.15, 0.2) is 0 Å². The first-order valence-corrected chi connectivity index (χ1v) is 6.38. The van der Waals surface area contributed by atoms with Crippen LogP contribution >= 0.6 is 11.6 Å². The summed E-state index contributed by atoms with van der Waals surface area (Å²) in [5.41, 5.74) is -0.323. The fraction of sp³-hybridized carbons (Fsp3) is 0.455. The Bertz CT molecular complexity index is 563. The van der Waals surface area contributed by atoms with E-state index in [0.29, 0.717) is 11.9 Å². The van der Waals surface area contributed by atoms with Crippen molar-refractivity contribution in [1.29, 1.82) is 0 Å². The summed E-state index contributed by atoms with van der Waals surface area (Å²) >= 11 is 5.90. The quantitative estimate of drug-likeness (QED) is 0.870. The van der Waals surface area contributed by atoms with E-state index in [4.69, 9.17) is 11.6 Å². The molecule has 0 aromatic carbocycles. The minimum Gasteiger partial charge on any atom is -0.394 e. The van der Waals surface area contributed by atoms with Gasteiger partial charge in [0, 0.05) is 12.4 Å². The van der Waals surface area contributed by atoms with E-state index in [1.165, 1.54) is 0 Å². The Kier molecular flexibility index (Phi) is 3.08. The summed E-state index contributed by atoms with van der Waals surface area (Å²) in [7, 11) is 0. The molecule has 2 heterocycles. The third kappa shape index (κ3) is 2.39. The SMILES string of the molecule is OCC1(Nc2nc(Cl)nc(-n3ccnc3)n2)CCC1. The molecule has 0 amide bonds. The monoisotopic (exact) mass is 280 g/mol. The summed E-state index contributed by atoms with van der Waals surface area (Å²) < 4.78 is 1.64. The van der Waals surface area contributed by atoms with Crippen molar-refractivity contribution in [2.24, 2.45) is 0 Å². The largest absolute Gasteiger partial charge is 0.394 e. The minimum absolute atomic E-state index is 0.0523. The van der Waals surface area contributed by atoms with E-state index in [0.717, 1.165) is 19.3 Å². The van der Waals surface area contributed by atoms with E-state index in [2.05, 4.69) is 25.3 Å². The molecule has 0 aliphatic heterocycles. The number of aromatic nitrogens is 5. The topological polar surface area (TPSA) is 88.8 Å². The van der Waals surface area contributed by atoms with Gasteiger partial charge in [-0.1, -0.05) is 0 Å². The van der Waals surface area contributed by atoms with Gasteiger partial charge in [-0.15, -0.1) is 0 Å². The lowest BCUT2D eigenvalue weighted by Crippen LogP contribution is -2.48. The summed E-state index contributed by atoms with van der Waals surface area (Å²) in [6, 6.07) is 0. The lowest BCUT2D eigenvalue weighted by molar-refractivity contribution is 0.143. The van der Waals surface area contributed by atoms with E-state index in [1.807, 2.05) is 0 Å². The summed E-state index contributed by atoms with van der Waals surface area (Å²) in [6.07, 6.45) is 7.81. The molecule has 0 bridgehead atoms. The minimum atomic E-state index is -0.323. The molecule has 2 N–H and O–H groups in total. The first-order chi connectivity index (χ1) is 9.21. The van der Waals surface area contributed by atoms with Gasteiger partial charge in [0.05, 0.1) is 12.1 Å². The van der Waals surface area contributed by atoms with Gasteiger partial charge in [0.1, 0.15) is 6.33 Å². The molecule has 7 nitrogen and oxygen atoms in total. The Morgan fingerprint density at radius 1 is 1.37 bits per heavy atom. The molecule has 1 aliphatic carbocycles. The van der Waals surface area contributed by atoms with Gasteiger partial charge in [-0.2, -0.15) is 15.0 Å². The zero-order valence-electron chi connectivity index (χ0n) is 10.1. The predicted molar refractivity (Wildman–Crippen MR) is 69.2 cm³/mol. The molecule has 1 aliphatic rings. The Morgan fingerprint density at radius 3 is 2.79 bits per heavy atom. The van der Waals surface area contributed by atoms with Crippen LogP contribution in [0.1, 0.15) is 19.3 Å². The van der Waals surface area contributed by atoms with Crippen LogP contribution in [-0.2, 0) is 0 Å². The van der Waals surface area contributed by atoms with E-state index < -0.39 is 0 Å². The number of aliphatic hydroxyl groups excluding tert-OH is 1. The number of hydrogen-bond acceptors (Lipinski definition) is 6. The molecular formula is C11H13ClN6O. The maximum absolute atomic E-state index is 9.44. The smallest absolute Gasteiger partial charge is 0.241 e. The second-order valence-electron chi connectivity index (χ2n) is 4.61. The van der Waals surface area contributed by atoms with Crippen molar-refractivity contribution in [3.8, 4) is 5.95 Å². The Balaban J connectivity index is 1.90. The van der Waals surface area contributed by atoms with Crippen LogP contribution in [-0.4, -0.2) is 41.8 Å². The highest BCUT2D eigenvalue weighted by Gasteiger charge is 2.37. The zero-order valence-corrected chi connectivity index (χ0v) is 10.9. The van der Waals surface area contributed by atoms with Gasteiger partial charge >= 0.3 is 0 Å². The van der Waals surface area contributed by atoms with E-state index in [1.54, 1.807) is 23.3 Å². The zero-order chi connectivity index (χ0) is 13.3. The number of rotatable bonds is 4. The van der Waals surface area contributed by atoms with Crippen LogP contribution < -0.4 is 5.32 Å². The second-order valence-corrected chi connectivity index (χ2v) is 4.95. The highest BCUT2D eigenvalue weighted by molar-refractivity contribution is 6.28. The van der Waals surface area contributed by atoms with Gasteiger partial charge < -0.3 is 10.4 Å². The van der Waals surface area contributed by atoms with Gasteiger partial charge in [0.2, 0.25) is 17.2 Å². The maximum Gasteiger partial charge on any atom is 0.241 e. The standard InChI is InChI=1S/C11H13ClN6O/c12-8-14-9(17-11(6-19)2-1-3-11)16-10(15-8)18-5-4-13-7-18/h4-5,7,19H,1-3,6H2,(H,14,15,16,17). The van der Waals surface area contributed by atoms with Crippen LogP contribution in [0.5, 0.6) is 0 Å². The van der Waals surface area contributed by atoms with Gasteiger partial charge in [-0.05, 0) is 30.9 Å². The molecule has 0 atom stereocenters. The summed E-state index contributed by atoms with van der Waals surface area (Å²) in [5, 5.41) is 12.7. The lowest BCUT2D eigenvalue weighted by Gasteiger charge is -2.40. The molecule has 3 rings (SSSR count). The molecule has 0 spiro atoms. The van der Waals surface area contributed by atoms with Gasteiger partial charge in [0.25, 0.3) is 0 Å². The van der Waals surface area contributed by atoms with Crippen molar-refractivity contribution in [2.45, 2.75) is 24.8 Å². The van der Waals surface area contributed by atoms with Crippen LogP contribution in [0.3, 0.4) is 0 Å². The van der Waals surface area contributed by atoms with Crippen LogP contribution in [0, 0.1) is 0 Å². The second kappa shape index (κ2) is 4.75. The number of hydrogen-bond donors (Lipinski definition) is 2.